The predicted octanol–water partition coefficient (Wildman–Crippen LogP) is 2.72. The molecule has 1 aromatic carbocycles. The Morgan fingerprint density at radius 1 is 1.45 bits per heavy atom. The van der Waals surface area contributed by atoms with Gasteiger partial charge in [0, 0.05) is 30.2 Å². The lowest BCUT2D eigenvalue weighted by Crippen LogP contribution is -2.41. The molecule has 1 aliphatic heterocycles. The van der Waals surface area contributed by atoms with Crippen molar-refractivity contribution in [3.05, 3.63) is 28.2 Å². The number of nitrogens with zero attached hydrogens (tertiary/aromatic N) is 1. The van der Waals surface area contributed by atoms with E-state index in [9.17, 15) is 9.59 Å². The smallest absolute Gasteiger partial charge is 0.244 e. The van der Waals surface area contributed by atoms with Crippen LogP contribution in [0.2, 0.25) is 0 Å². The van der Waals surface area contributed by atoms with Crippen molar-refractivity contribution in [2.45, 2.75) is 32.8 Å². The lowest BCUT2D eigenvalue weighted by molar-refractivity contribution is -0.134. The molecular weight excluding hydrogens is 348 g/mol. The van der Waals surface area contributed by atoms with Gasteiger partial charge in [-0.3, -0.25) is 9.59 Å². The van der Waals surface area contributed by atoms with Crippen molar-refractivity contribution >= 4 is 33.4 Å². The number of carbonyl (C=O) groups excluding carboxylic acids is 2. The van der Waals surface area contributed by atoms with Crippen molar-refractivity contribution < 1.29 is 14.3 Å². The first-order chi connectivity index (χ1) is 10.5. The van der Waals surface area contributed by atoms with Crippen molar-refractivity contribution in [1.82, 2.24) is 4.90 Å². The maximum absolute atomic E-state index is 12.2. The van der Waals surface area contributed by atoms with E-state index in [2.05, 4.69) is 21.2 Å². The first kappa shape index (κ1) is 17.0. The Balaban J connectivity index is 1.94. The molecule has 1 N–H and O–H groups in total. The SMILES string of the molecule is CC(=O)N(CC(=O)Nc1ccc(Br)cc1C)CC1CCCO1. The molecule has 0 bridgehead atoms. The molecular formula is C16H21BrN2O3. The van der Waals surface area contributed by atoms with Crippen molar-refractivity contribution in [3.63, 3.8) is 0 Å². The molecule has 22 heavy (non-hydrogen) atoms. The number of carbonyl (C=O) groups is 2. The molecule has 2 rings (SSSR count). The fourth-order valence-electron chi connectivity index (χ4n) is 2.47. The summed E-state index contributed by atoms with van der Waals surface area (Å²) >= 11 is 3.39. The summed E-state index contributed by atoms with van der Waals surface area (Å²) in [5.74, 6) is -0.309. The lowest BCUT2D eigenvalue weighted by atomic mass is 10.2. The van der Waals surface area contributed by atoms with Crippen LogP contribution in [0, 0.1) is 6.92 Å². The molecule has 0 spiro atoms. The van der Waals surface area contributed by atoms with Crippen LogP contribution in [0.15, 0.2) is 22.7 Å². The Labute approximate surface area is 139 Å². The van der Waals surface area contributed by atoms with E-state index in [0.29, 0.717) is 6.54 Å². The van der Waals surface area contributed by atoms with Gasteiger partial charge in [0.05, 0.1) is 12.6 Å². The van der Waals surface area contributed by atoms with Crippen LogP contribution in [0.5, 0.6) is 0 Å². The van der Waals surface area contributed by atoms with Gasteiger partial charge < -0.3 is 15.0 Å². The van der Waals surface area contributed by atoms with E-state index in [0.717, 1.165) is 35.2 Å². The van der Waals surface area contributed by atoms with Gasteiger partial charge in [0.1, 0.15) is 0 Å². The summed E-state index contributed by atoms with van der Waals surface area (Å²) < 4.78 is 6.50. The van der Waals surface area contributed by atoms with Crippen LogP contribution in [0.3, 0.4) is 0 Å². The lowest BCUT2D eigenvalue weighted by Gasteiger charge is -2.23. The monoisotopic (exact) mass is 368 g/mol. The maximum Gasteiger partial charge on any atom is 0.244 e. The molecule has 120 valence electrons. The van der Waals surface area contributed by atoms with Crippen LogP contribution in [-0.2, 0) is 14.3 Å². The molecule has 1 saturated heterocycles. The molecule has 0 aromatic heterocycles. The number of benzene rings is 1. The van der Waals surface area contributed by atoms with Gasteiger partial charge in [0.15, 0.2) is 0 Å². The number of halogens is 1. The topological polar surface area (TPSA) is 58.6 Å². The van der Waals surface area contributed by atoms with Crippen molar-refractivity contribution in [3.8, 4) is 0 Å². The summed E-state index contributed by atoms with van der Waals surface area (Å²) in [6, 6.07) is 5.65. The molecule has 0 saturated carbocycles. The molecule has 5 nitrogen and oxygen atoms in total. The van der Waals surface area contributed by atoms with Gasteiger partial charge in [-0.25, -0.2) is 0 Å². The molecule has 2 amide bonds. The van der Waals surface area contributed by atoms with Gasteiger partial charge in [0.25, 0.3) is 0 Å². The molecule has 1 unspecified atom stereocenters. The van der Waals surface area contributed by atoms with Gasteiger partial charge in [0.2, 0.25) is 11.8 Å². The van der Waals surface area contributed by atoms with Crippen LogP contribution >= 0.6 is 15.9 Å². The summed E-state index contributed by atoms with van der Waals surface area (Å²) in [7, 11) is 0. The summed E-state index contributed by atoms with van der Waals surface area (Å²) in [4.78, 5) is 25.4. The summed E-state index contributed by atoms with van der Waals surface area (Å²) in [6.07, 6.45) is 2.00. The Morgan fingerprint density at radius 2 is 2.23 bits per heavy atom. The van der Waals surface area contributed by atoms with Gasteiger partial charge >= 0.3 is 0 Å². The first-order valence-electron chi connectivity index (χ1n) is 7.39. The van der Waals surface area contributed by atoms with Crippen LogP contribution < -0.4 is 5.32 Å². The number of ether oxygens (including phenoxy) is 1. The second kappa shape index (κ2) is 7.74. The minimum atomic E-state index is -0.196. The second-order valence-corrected chi connectivity index (χ2v) is 6.46. The van der Waals surface area contributed by atoms with Crippen LogP contribution in [0.1, 0.15) is 25.3 Å². The van der Waals surface area contributed by atoms with Crippen LogP contribution in [0.4, 0.5) is 5.69 Å². The van der Waals surface area contributed by atoms with E-state index in [1.807, 2.05) is 25.1 Å². The van der Waals surface area contributed by atoms with Gasteiger partial charge in [-0.1, -0.05) is 15.9 Å². The summed E-state index contributed by atoms with van der Waals surface area (Å²) in [6.45, 7) is 4.66. The standard InChI is InChI=1S/C16H21BrN2O3/c1-11-8-13(17)5-6-15(11)18-16(21)10-19(12(2)20)9-14-4-3-7-22-14/h5-6,8,14H,3-4,7,9-10H2,1-2H3,(H,18,21). The van der Waals surface area contributed by atoms with Gasteiger partial charge in [-0.15, -0.1) is 0 Å². The molecule has 6 heteroatoms. The number of hydrogen-bond donors (Lipinski definition) is 1. The minimum absolute atomic E-state index is 0.0463. The molecule has 1 fully saturated rings. The maximum atomic E-state index is 12.2. The van der Waals surface area contributed by atoms with E-state index in [4.69, 9.17) is 4.74 Å². The average Bonchev–Trinajstić information content (AvgIpc) is 2.94. The van der Waals surface area contributed by atoms with Gasteiger partial charge in [-0.05, 0) is 43.5 Å². The Kier molecular flexibility index (Phi) is 5.97. The number of amides is 2. The zero-order valence-electron chi connectivity index (χ0n) is 12.9. The fraction of sp³-hybridized carbons (Fsp3) is 0.500. The molecule has 1 atom stereocenters. The Hall–Kier alpha value is -1.40. The van der Waals surface area contributed by atoms with E-state index >= 15 is 0 Å². The summed E-state index contributed by atoms with van der Waals surface area (Å²) in [5.41, 5.74) is 1.73. The fourth-order valence-corrected chi connectivity index (χ4v) is 2.94. The quantitative estimate of drug-likeness (QED) is 0.868. The molecule has 1 aliphatic rings. The third kappa shape index (κ3) is 4.81. The van der Waals surface area contributed by atoms with Crippen molar-refractivity contribution in [1.29, 1.82) is 0 Å². The molecule has 0 radical (unpaired) electrons. The number of anilines is 1. The largest absolute Gasteiger partial charge is 0.376 e. The third-order valence-electron chi connectivity index (χ3n) is 3.69. The average molecular weight is 369 g/mol. The number of rotatable bonds is 5. The zero-order valence-corrected chi connectivity index (χ0v) is 14.5. The number of nitrogens with one attached hydrogen (secondary N) is 1. The summed E-state index contributed by atoms with van der Waals surface area (Å²) in [5, 5.41) is 2.85. The predicted molar refractivity (Wildman–Crippen MR) is 88.7 cm³/mol. The van der Waals surface area contributed by atoms with Crippen LogP contribution in [0.25, 0.3) is 0 Å². The third-order valence-corrected chi connectivity index (χ3v) is 4.18. The Bertz CT molecular complexity index is 556. The van der Waals surface area contributed by atoms with Gasteiger partial charge in [-0.2, -0.15) is 0 Å². The number of hydrogen-bond acceptors (Lipinski definition) is 3. The zero-order chi connectivity index (χ0) is 16.1. The molecule has 1 heterocycles. The van der Waals surface area contributed by atoms with E-state index in [1.165, 1.54) is 6.92 Å². The van der Waals surface area contributed by atoms with E-state index < -0.39 is 0 Å². The van der Waals surface area contributed by atoms with Crippen molar-refractivity contribution in [2.75, 3.05) is 25.0 Å². The molecule has 1 aromatic rings. The van der Waals surface area contributed by atoms with E-state index in [1.54, 1.807) is 4.90 Å². The van der Waals surface area contributed by atoms with Crippen LogP contribution in [-0.4, -0.2) is 42.5 Å². The first-order valence-corrected chi connectivity index (χ1v) is 8.18. The Morgan fingerprint density at radius 3 is 2.82 bits per heavy atom. The van der Waals surface area contributed by atoms with E-state index in [-0.39, 0.29) is 24.5 Å². The van der Waals surface area contributed by atoms with Crippen molar-refractivity contribution in [2.24, 2.45) is 0 Å². The highest BCUT2D eigenvalue weighted by Crippen LogP contribution is 2.20. The highest BCUT2D eigenvalue weighted by atomic mass is 79.9. The second-order valence-electron chi connectivity index (χ2n) is 5.54. The minimum Gasteiger partial charge on any atom is -0.376 e. The highest BCUT2D eigenvalue weighted by Gasteiger charge is 2.22. The molecule has 0 aliphatic carbocycles. The highest BCUT2D eigenvalue weighted by molar-refractivity contribution is 9.10. The normalized spacial score (nSPS) is 17.3. The number of aryl methyl sites for hydroxylation is 1.